The maximum absolute atomic E-state index is 13.6. The SMILES string of the molecule is CN=C(NCCNC(=O)c1ccc(C)c(F)c1)N1CCN(c2ccccc2O)CC1. The molecule has 3 N–H and O–H groups in total. The van der Waals surface area contributed by atoms with Gasteiger partial charge in [0, 0.05) is 51.9 Å². The highest BCUT2D eigenvalue weighted by Gasteiger charge is 2.21. The summed E-state index contributed by atoms with van der Waals surface area (Å²) >= 11 is 0. The highest BCUT2D eigenvalue weighted by atomic mass is 19.1. The predicted octanol–water partition coefficient (Wildman–Crippen LogP) is 1.97. The molecule has 2 aromatic carbocycles. The zero-order chi connectivity index (χ0) is 21.5. The molecule has 1 aliphatic rings. The number of nitrogens with one attached hydrogen (secondary N) is 2. The molecule has 1 amide bonds. The zero-order valence-corrected chi connectivity index (χ0v) is 17.4. The average Bonchev–Trinajstić information content (AvgIpc) is 2.76. The fraction of sp³-hybridized carbons (Fsp3) is 0.364. The van der Waals surface area contributed by atoms with Gasteiger partial charge >= 0.3 is 0 Å². The Balaban J connectivity index is 1.43. The van der Waals surface area contributed by atoms with Crippen molar-refractivity contribution in [2.75, 3.05) is 51.2 Å². The van der Waals surface area contributed by atoms with Gasteiger partial charge in [-0.15, -0.1) is 0 Å². The molecular weight excluding hydrogens is 385 g/mol. The van der Waals surface area contributed by atoms with Crippen LogP contribution in [0.25, 0.3) is 0 Å². The summed E-state index contributed by atoms with van der Waals surface area (Å²) < 4.78 is 13.6. The van der Waals surface area contributed by atoms with E-state index in [0.29, 0.717) is 24.2 Å². The first-order valence-electron chi connectivity index (χ1n) is 10.0. The van der Waals surface area contributed by atoms with Gasteiger partial charge in [-0.05, 0) is 36.8 Å². The number of hydrogen-bond acceptors (Lipinski definition) is 4. The Morgan fingerprint density at radius 3 is 2.47 bits per heavy atom. The van der Waals surface area contributed by atoms with Crippen LogP contribution >= 0.6 is 0 Å². The molecule has 8 heteroatoms. The first-order valence-corrected chi connectivity index (χ1v) is 10.0. The van der Waals surface area contributed by atoms with Gasteiger partial charge in [0.25, 0.3) is 5.91 Å². The van der Waals surface area contributed by atoms with E-state index in [0.717, 1.165) is 37.8 Å². The van der Waals surface area contributed by atoms with Crippen LogP contribution in [0.5, 0.6) is 5.75 Å². The average molecular weight is 413 g/mol. The number of phenols is 1. The van der Waals surface area contributed by atoms with Gasteiger partial charge in [-0.25, -0.2) is 4.39 Å². The summed E-state index contributed by atoms with van der Waals surface area (Å²) in [6.45, 7) is 5.64. The summed E-state index contributed by atoms with van der Waals surface area (Å²) in [6, 6.07) is 11.8. The number of piperazine rings is 1. The van der Waals surface area contributed by atoms with Crippen molar-refractivity contribution in [2.24, 2.45) is 4.99 Å². The van der Waals surface area contributed by atoms with Crippen LogP contribution in [0.4, 0.5) is 10.1 Å². The highest BCUT2D eigenvalue weighted by molar-refractivity contribution is 5.94. The van der Waals surface area contributed by atoms with Crippen molar-refractivity contribution < 1.29 is 14.3 Å². The number of aromatic hydroxyl groups is 1. The fourth-order valence-electron chi connectivity index (χ4n) is 3.41. The summed E-state index contributed by atoms with van der Waals surface area (Å²) in [5, 5.41) is 16.1. The number of aliphatic imine (C=N–C) groups is 1. The lowest BCUT2D eigenvalue weighted by molar-refractivity contribution is 0.0953. The van der Waals surface area contributed by atoms with Crippen LogP contribution in [0, 0.1) is 12.7 Å². The van der Waals surface area contributed by atoms with Crippen LogP contribution in [0.15, 0.2) is 47.5 Å². The van der Waals surface area contributed by atoms with E-state index < -0.39 is 0 Å². The van der Waals surface area contributed by atoms with E-state index in [9.17, 15) is 14.3 Å². The lowest BCUT2D eigenvalue weighted by Gasteiger charge is -2.37. The Morgan fingerprint density at radius 1 is 1.10 bits per heavy atom. The molecule has 1 heterocycles. The number of aryl methyl sites for hydroxylation is 1. The van der Waals surface area contributed by atoms with Crippen LogP contribution in [0.2, 0.25) is 0 Å². The Hall–Kier alpha value is -3.29. The summed E-state index contributed by atoms with van der Waals surface area (Å²) in [4.78, 5) is 20.8. The maximum Gasteiger partial charge on any atom is 0.251 e. The molecule has 0 radical (unpaired) electrons. The smallest absolute Gasteiger partial charge is 0.251 e. The molecule has 0 saturated carbocycles. The maximum atomic E-state index is 13.6. The number of phenolic OH excluding ortho intramolecular Hbond substituents is 1. The number of amides is 1. The molecule has 1 aliphatic heterocycles. The lowest BCUT2D eigenvalue weighted by atomic mass is 10.1. The van der Waals surface area contributed by atoms with Gasteiger partial charge in [-0.2, -0.15) is 0 Å². The molecule has 1 saturated heterocycles. The van der Waals surface area contributed by atoms with E-state index in [2.05, 4.69) is 25.4 Å². The second-order valence-electron chi connectivity index (χ2n) is 7.16. The number of anilines is 1. The van der Waals surface area contributed by atoms with Crippen molar-refractivity contribution in [3.63, 3.8) is 0 Å². The number of hydrogen-bond donors (Lipinski definition) is 3. The molecule has 0 aliphatic carbocycles. The molecule has 0 unspecified atom stereocenters. The van der Waals surface area contributed by atoms with Crippen molar-refractivity contribution in [3.8, 4) is 5.75 Å². The lowest BCUT2D eigenvalue weighted by Crippen LogP contribution is -2.53. The molecule has 3 rings (SSSR count). The Labute approximate surface area is 176 Å². The number of nitrogens with zero attached hydrogens (tertiary/aromatic N) is 3. The van der Waals surface area contributed by atoms with Crippen LogP contribution in [0.3, 0.4) is 0 Å². The quantitative estimate of drug-likeness (QED) is 0.397. The predicted molar refractivity (Wildman–Crippen MR) is 117 cm³/mol. The second kappa shape index (κ2) is 9.96. The number of carbonyl (C=O) groups excluding carboxylic acids is 1. The van der Waals surface area contributed by atoms with Crippen molar-refractivity contribution in [1.29, 1.82) is 0 Å². The zero-order valence-electron chi connectivity index (χ0n) is 17.4. The normalized spacial score (nSPS) is 14.6. The van der Waals surface area contributed by atoms with Crippen LogP contribution in [0.1, 0.15) is 15.9 Å². The van der Waals surface area contributed by atoms with Crippen molar-refractivity contribution in [3.05, 3.63) is 59.4 Å². The molecule has 30 heavy (non-hydrogen) atoms. The molecular formula is C22H28FN5O2. The van der Waals surface area contributed by atoms with E-state index in [-0.39, 0.29) is 17.5 Å². The van der Waals surface area contributed by atoms with E-state index in [1.807, 2.05) is 18.2 Å². The van der Waals surface area contributed by atoms with E-state index >= 15 is 0 Å². The first kappa shape index (κ1) is 21.4. The molecule has 0 aromatic heterocycles. The van der Waals surface area contributed by atoms with E-state index in [1.54, 1.807) is 32.2 Å². The molecule has 0 atom stereocenters. The fourth-order valence-corrected chi connectivity index (χ4v) is 3.41. The van der Waals surface area contributed by atoms with Gasteiger partial charge in [0.05, 0.1) is 5.69 Å². The number of para-hydroxylation sites is 2. The van der Waals surface area contributed by atoms with Gasteiger partial charge in [0.15, 0.2) is 5.96 Å². The summed E-state index contributed by atoms with van der Waals surface area (Å²) in [6.07, 6.45) is 0. The molecule has 0 bridgehead atoms. The summed E-state index contributed by atoms with van der Waals surface area (Å²) in [5.41, 5.74) is 1.66. The van der Waals surface area contributed by atoms with Crippen LogP contribution in [-0.4, -0.2) is 68.2 Å². The molecule has 2 aromatic rings. The Morgan fingerprint density at radius 2 is 1.80 bits per heavy atom. The number of benzene rings is 2. The number of carbonyl (C=O) groups is 1. The summed E-state index contributed by atoms with van der Waals surface area (Å²) in [5.74, 6) is 0.367. The van der Waals surface area contributed by atoms with Crippen LogP contribution in [-0.2, 0) is 0 Å². The molecule has 0 spiro atoms. The van der Waals surface area contributed by atoms with E-state index in [4.69, 9.17) is 0 Å². The third-order valence-corrected chi connectivity index (χ3v) is 5.14. The Bertz CT molecular complexity index is 910. The first-order chi connectivity index (χ1) is 14.5. The van der Waals surface area contributed by atoms with Gasteiger partial charge in [0.2, 0.25) is 0 Å². The molecule has 7 nitrogen and oxygen atoms in total. The van der Waals surface area contributed by atoms with Gasteiger partial charge in [-0.3, -0.25) is 9.79 Å². The second-order valence-corrected chi connectivity index (χ2v) is 7.16. The molecule has 1 fully saturated rings. The topological polar surface area (TPSA) is 80.2 Å². The monoisotopic (exact) mass is 413 g/mol. The van der Waals surface area contributed by atoms with E-state index in [1.165, 1.54) is 6.07 Å². The van der Waals surface area contributed by atoms with Gasteiger partial charge in [0.1, 0.15) is 11.6 Å². The largest absolute Gasteiger partial charge is 0.506 e. The minimum absolute atomic E-state index is 0.289. The van der Waals surface area contributed by atoms with Gasteiger partial charge in [-0.1, -0.05) is 18.2 Å². The van der Waals surface area contributed by atoms with Crippen molar-refractivity contribution in [1.82, 2.24) is 15.5 Å². The summed E-state index contributed by atoms with van der Waals surface area (Å²) in [7, 11) is 1.73. The van der Waals surface area contributed by atoms with Gasteiger partial charge < -0.3 is 25.5 Å². The number of guanidine groups is 1. The number of rotatable bonds is 5. The minimum atomic E-state index is -0.385. The van der Waals surface area contributed by atoms with Crippen molar-refractivity contribution >= 4 is 17.6 Å². The third-order valence-electron chi connectivity index (χ3n) is 5.14. The third kappa shape index (κ3) is 5.20. The standard InChI is InChI=1S/C22H28FN5O2/c1-16-7-8-17(15-18(16)23)21(30)25-9-10-26-22(24-2)28-13-11-27(12-14-28)19-5-3-4-6-20(19)29/h3-8,15,29H,9-14H2,1-2H3,(H,24,26)(H,25,30). The van der Waals surface area contributed by atoms with Crippen molar-refractivity contribution in [2.45, 2.75) is 6.92 Å². The highest BCUT2D eigenvalue weighted by Crippen LogP contribution is 2.27. The number of halogens is 1. The Kier molecular flexibility index (Phi) is 7.11. The minimum Gasteiger partial charge on any atom is -0.506 e. The molecule has 160 valence electrons. The van der Waals surface area contributed by atoms with Crippen LogP contribution < -0.4 is 15.5 Å².